The molecule has 0 aromatic heterocycles. The fourth-order valence-electron chi connectivity index (χ4n) is 2.90. The maximum absolute atomic E-state index is 5.69. The summed E-state index contributed by atoms with van der Waals surface area (Å²) in [6.45, 7) is 4.44. The quantitative estimate of drug-likeness (QED) is 0.772. The maximum atomic E-state index is 5.69. The monoisotopic (exact) mass is 211 g/mol. The van der Waals surface area contributed by atoms with Crippen LogP contribution in [0.2, 0.25) is 0 Å². The van der Waals surface area contributed by atoms with Gasteiger partial charge in [-0.05, 0) is 44.6 Å². The number of hydrogen-bond donors (Lipinski definition) is 1. The molecule has 0 bridgehead atoms. The number of hydrogen-bond acceptors (Lipinski definition) is 2. The zero-order chi connectivity index (χ0) is 10.5. The van der Waals surface area contributed by atoms with Crippen LogP contribution in [0.25, 0.3) is 0 Å². The molecule has 1 saturated carbocycles. The first-order valence-electron chi connectivity index (χ1n) is 6.73. The number of rotatable bonds is 4. The molecule has 1 saturated heterocycles. The summed E-state index contributed by atoms with van der Waals surface area (Å²) < 4.78 is 5.69. The maximum Gasteiger partial charge on any atom is 0.0587 e. The van der Waals surface area contributed by atoms with Gasteiger partial charge in [0.25, 0.3) is 0 Å². The highest BCUT2D eigenvalue weighted by atomic mass is 16.5. The van der Waals surface area contributed by atoms with Crippen LogP contribution in [-0.2, 0) is 4.74 Å². The largest absolute Gasteiger partial charge is 0.378 e. The molecule has 0 amide bonds. The lowest BCUT2D eigenvalue weighted by Gasteiger charge is -2.30. The lowest BCUT2D eigenvalue weighted by molar-refractivity contribution is -0.000551. The third-order valence-electron chi connectivity index (χ3n) is 3.99. The number of nitrogens with one attached hydrogen (secondary N) is 1. The van der Waals surface area contributed by atoms with Gasteiger partial charge in [0.2, 0.25) is 0 Å². The smallest absolute Gasteiger partial charge is 0.0587 e. The van der Waals surface area contributed by atoms with Crippen LogP contribution in [0.5, 0.6) is 0 Å². The van der Waals surface area contributed by atoms with Crippen LogP contribution in [0, 0.1) is 5.92 Å². The minimum absolute atomic E-state index is 0.514. The second-order valence-corrected chi connectivity index (χ2v) is 5.18. The van der Waals surface area contributed by atoms with Crippen molar-refractivity contribution in [2.75, 3.05) is 13.2 Å². The normalized spacial score (nSPS) is 33.4. The van der Waals surface area contributed by atoms with Gasteiger partial charge in [0.15, 0.2) is 0 Å². The summed E-state index contributed by atoms with van der Waals surface area (Å²) in [7, 11) is 0. The van der Waals surface area contributed by atoms with Crippen molar-refractivity contribution in [2.45, 2.75) is 64.0 Å². The highest BCUT2D eigenvalue weighted by Crippen LogP contribution is 2.24. The van der Waals surface area contributed by atoms with E-state index in [1.165, 1.54) is 51.5 Å². The van der Waals surface area contributed by atoms with Crippen LogP contribution >= 0.6 is 0 Å². The fourth-order valence-corrected chi connectivity index (χ4v) is 2.90. The highest BCUT2D eigenvalue weighted by Gasteiger charge is 2.22. The average Bonchev–Trinajstić information content (AvgIpc) is 2.79. The molecule has 1 heterocycles. The molecule has 2 fully saturated rings. The van der Waals surface area contributed by atoms with Crippen LogP contribution in [-0.4, -0.2) is 25.3 Å². The van der Waals surface area contributed by atoms with Crippen molar-refractivity contribution in [2.24, 2.45) is 5.92 Å². The Balaban J connectivity index is 1.65. The molecule has 2 heteroatoms. The summed E-state index contributed by atoms with van der Waals surface area (Å²) in [6, 6.07) is 0.726. The third kappa shape index (κ3) is 3.46. The highest BCUT2D eigenvalue weighted by molar-refractivity contribution is 4.78. The second kappa shape index (κ2) is 5.86. The van der Waals surface area contributed by atoms with Crippen molar-refractivity contribution in [3.8, 4) is 0 Å². The molecule has 0 spiro atoms. The van der Waals surface area contributed by atoms with Crippen molar-refractivity contribution in [3.05, 3.63) is 0 Å². The van der Waals surface area contributed by atoms with Gasteiger partial charge < -0.3 is 10.1 Å². The Labute approximate surface area is 93.8 Å². The molecule has 1 aliphatic carbocycles. The van der Waals surface area contributed by atoms with E-state index in [9.17, 15) is 0 Å². The van der Waals surface area contributed by atoms with Crippen LogP contribution < -0.4 is 5.32 Å². The SMILES string of the molecule is CCC1CC(NCC2CCCC2)CCO1. The van der Waals surface area contributed by atoms with Crippen LogP contribution in [0.15, 0.2) is 0 Å². The molecular formula is C13H25NO. The molecule has 0 aromatic carbocycles. The Hall–Kier alpha value is -0.0800. The molecule has 1 N–H and O–H groups in total. The van der Waals surface area contributed by atoms with E-state index in [1.807, 2.05) is 0 Å². The first-order valence-corrected chi connectivity index (χ1v) is 6.73. The van der Waals surface area contributed by atoms with Gasteiger partial charge in [0.05, 0.1) is 6.10 Å². The summed E-state index contributed by atoms with van der Waals surface area (Å²) in [5.41, 5.74) is 0. The van der Waals surface area contributed by atoms with E-state index in [2.05, 4.69) is 12.2 Å². The van der Waals surface area contributed by atoms with E-state index in [4.69, 9.17) is 4.74 Å². The molecular weight excluding hydrogens is 186 g/mol. The van der Waals surface area contributed by atoms with E-state index < -0.39 is 0 Å². The van der Waals surface area contributed by atoms with Crippen molar-refractivity contribution in [1.82, 2.24) is 5.32 Å². The summed E-state index contributed by atoms with van der Waals surface area (Å²) in [4.78, 5) is 0. The first-order chi connectivity index (χ1) is 7.38. The minimum atomic E-state index is 0.514. The first kappa shape index (κ1) is 11.4. The summed E-state index contributed by atoms with van der Waals surface area (Å²) in [6.07, 6.45) is 9.93. The van der Waals surface area contributed by atoms with Gasteiger partial charge in [-0.15, -0.1) is 0 Å². The van der Waals surface area contributed by atoms with Gasteiger partial charge in [0.1, 0.15) is 0 Å². The van der Waals surface area contributed by atoms with E-state index in [-0.39, 0.29) is 0 Å². The molecule has 88 valence electrons. The van der Waals surface area contributed by atoms with E-state index >= 15 is 0 Å². The minimum Gasteiger partial charge on any atom is -0.378 e. The zero-order valence-electron chi connectivity index (χ0n) is 10.0. The Kier molecular flexibility index (Phi) is 4.45. The molecule has 15 heavy (non-hydrogen) atoms. The van der Waals surface area contributed by atoms with E-state index in [1.54, 1.807) is 0 Å². The van der Waals surface area contributed by atoms with Gasteiger partial charge >= 0.3 is 0 Å². The molecule has 2 atom stereocenters. The summed E-state index contributed by atoms with van der Waals surface area (Å²) in [5, 5.41) is 3.75. The van der Waals surface area contributed by atoms with Gasteiger partial charge in [-0.3, -0.25) is 0 Å². The summed E-state index contributed by atoms with van der Waals surface area (Å²) in [5.74, 6) is 0.966. The number of ether oxygens (including phenoxy) is 1. The average molecular weight is 211 g/mol. The molecule has 2 aliphatic rings. The van der Waals surface area contributed by atoms with Crippen molar-refractivity contribution in [1.29, 1.82) is 0 Å². The van der Waals surface area contributed by atoms with Crippen LogP contribution in [0.1, 0.15) is 51.9 Å². The van der Waals surface area contributed by atoms with Crippen molar-refractivity contribution in [3.63, 3.8) is 0 Å². The second-order valence-electron chi connectivity index (χ2n) is 5.18. The van der Waals surface area contributed by atoms with E-state index in [0.717, 1.165) is 18.6 Å². The molecule has 0 radical (unpaired) electrons. The summed E-state index contributed by atoms with van der Waals surface area (Å²) >= 11 is 0. The molecule has 2 rings (SSSR count). The van der Waals surface area contributed by atoms with Gasteiger partial charge in [-0.1, -0.05) is 19.8 Å². The Morgan fingerprint density at radius 1 is 1.20 bits per heavy atom. The molecule has 2 unspecified atom stereocenters. The predicted molar refractivity (Wildman–Crippen MR) is 63.0 cm³/mol. The third-order valence-corrected chi connectivity index (χ3v) is 3.99. The van der Waals surface area contributed by atoms with Crippen molar-refractivity contribution < 1.29 is 4.74 Å². The van der Waals surface area contributed by atoms with Crippen LogP contribution in [0.3, 0.4) is 0 Å². The van der Waals surface area contributed by atoms with E-state index in [0.29, 0.717) is 6.10 Å². The molecule has 0 aromatic rings. The molecule has 1 aliphatic heterocycles. The van der Waals surface area contributed by atoms with Crippen LogP contribution in [0.4, 0.5) is 0 Å². The van der Waals surface area contributed by atoms with Crippen molar-refractivity contribution >= 4 is 0 Å². The molecule has 2 nitrogen and oxygen atoms in total. The lowest BCUT2D eigenvalue weighted by Crippen LogP contribution is -2.40. The Morgan fingerprint density at radius 3 is 2.73 bits per heavy atom. The Morgan fingerprint density at radius 2 is 2.00 bits per heavy atom. The fraction of sp³-hybridized carbons (Fsp3) is 1.00. The predicted octanol–water partition coefficient (Wildman–Crippen LogP) is 2.72. The lowest BCUT2D eigenvalue weighted by atomic mass is 10.0. The Bertz CT molecular complexity index is 177. The topological polar surface area (TPSA) is 21.3 Å². The van der Waals surface area contributed by atoms with Gasteiger partial charge in [-0.2, -0.15) is 0 Å². The zero-order valence-corrected chi connectivity index (χ0v) is 10.0. The standard InChI is InChI=1S/C13H25NO/c1-2-13-9-12(7-8-15-13)14-10-11-5-3-4-6-11/h11-14H,2-10H2,1H3. The van der Waals surface area contributed by atoms with Gasteiger partial charge in [0, 0.05) is 12.6 Å². The van der Waals surface area contributed by atoms with Gasteiger partial charge in [-0.25, -0.2) is 0 Å².